The summed E-state index contributed by atoms with van der Waals surface area (Å²) in [6, 6.07) is 10.1. The van der Waals surface area contributed by atoms with Gasteiger partial charge in [-0.2, -0.15) is 14.5 Å². The van der Waals surface area contributed by atoms with Crippen LogP contribution in [0.2, 0.25) is 0 Å². The summed E-state index contributed by atoms with van der Waals surface area (Å²) in [7, 11) is -1.68. The van der Waals surface area contributed by atoms with E-state index in [1.54, 1.807) is 46.0 Å². The highest BCUT2D eigenvalue weighted by molar-refractivity contribution is 7.89. The molecule has 9 nitrogen and oxygen atoms in total. The molecule has 0 saturated carbocycles. The van der Waals surface area contributed by atoms with Gasteiger partial charge < -0.3 is 4.90 Å². The molecule has 0 atom stereocenters. The van der Waals surface area contributed by atoms with Gasteiger partial charge in [-0.15, -0.1) is 0 Å². The summed E-state index contributed by atoms with van der Waals surface area (Å²) >= 11 is 0. The molecule has 1 saturated heterocycles. The van der Waals surface area contributed by atoms with Crippen LogP contribution < -0.4 is 0 Å². The van der Waals surface area contributed by atoms with E-state index in [2.05, 4.69) is 15.3 Å². The normalized spacial score (nSPS) is 15.5. The van der Waals surface area contributed by atoms with Gasteiger partial charge >= 0.3 is 0 Å². The topological polar surface area (TPSA) is 104 Å². The monoisotopic (exact) mass is 428 g/mol. The first-order chi connectivity index (χ1) is 14.3. The van der Waals surface area contributed by atoms with E-state index in [0.29, 0.717) is 24.5 Å². The molecule has 0 unspecified atom stereocenters. The standard InChI is InChI=1S/C20H24N6O3S/c1-14-19(15(2)24(3)23-14)17-13-18(22-21-17)20(27)25-9-11-26(12-10-25)30(28,29)16-7-5-4-6-8-16/h4-8,13H,9-12H2,1-3H3,(H,21,22). The SMILES string of the molecule is Cc1nn(C)c(C)c1-c1cc(C(=O)N2CCN(S(=O)(=O)c3ccccc3)CC2)[nH]n1. The maximum absolute atomic E-state index is 12.9. The van der Waals surface area contributed by atoms with Gasteiger partial charge in [-0.1, -0.05) is 18.2 Å². The third-order valence-corrected chi connectivity index (χ3v) is 7.39. The Morgan fingerprint density at radius 1 is 1.07 bits per heavy atom. The van der Waals surface area contributed by atoms with Crippen molar-refractivity contribution in [1.82, 2.24) is 29.2 Å². The summed E-state index contributed by atoms with van der Waals surface area (Å²) in [5.41, 5.74) is 3.78. The van der Waals surface area contributed by atoms with Crippen molar-refractivity contribution in [1.29, 1.82) is 0 Å². The number of carbonyl (C=O) groups excluding carboxylic acids is 1. The van der Waals surface area contributed by atoms with E-state index >= 15 is 0 Å². The van der Waals surface area contributed by atoms with E-state index in [4.69, 9.17) is 0 Å². The van der Waals surface area contributed by atoms with Crippen molar-refractivity contribution in [3.8, 4) is 11.3 Å². The molecular formula is C20H24N6O3S. The highest BCUT2D eigenvalue weighted by atomic mass is 32.2. The number of benzene rings is 1. The van der Waals surface area contributed by atoms with E-state index in [0.717, 1.165) is 17.0 Å². The van der Waals surface area contributed by atoms with Gasteiger partial charge in [0.1, 0.15) is 5.69 Å². The van der Waals surface area contributed by atoms with Gasteiger partial charge in [0.15, 0.2) is 0 Å². The van der Waals surface area contributed by atoms with E-state index in [9.17, 15) is 13.2 Å². The van der Waals surface area contributed by atoms with Crippen LogP contribution in [0.1, 0.15) is 21.9 Å². The van der Waals surface area contributed by atoms with Crippen LogP contribution in [0.4, 0.5) is 0 Å². The van der Waals surface area contributed by atoms with Crippen LogP contribution in [0.25, 0.3) is 11.3 Å². The molecule has 3 heterocycles. The first-order valence-corrected chi connectivity index (χ1v) is 11.1. The van der Waals surface area contributed by atoms with Crippen LogP contribution in [0.5, 0.6) is 0 Å². The van der Waals surface area contributed by atoms with E-state index in [1.165, 1.54) is 4.31 Å². The maximum Gasteiger partial charge on any atom is 0.271 e. The minimum absolute atomic E-state index is 0.190. The third-order valence-electron chi connectivity index (χ3n) is 5.48. The first-order valence-electron chi connectivity index (χ1n) is 9.69. The molecule has 0 spiro atoms. The van der Waals surface area contributed by atoms with E-state index < -0.39 is 10.0 Å². The number of nitrogens with zero attached hydrogens (tertiary/aromatic N) is 5. The quantitative estimate of drug-likeness (QED) is 0.679. The van der Waals surface area contributed by atoms with Gasteiger partial charge in [-0.3, -0.25) is 14.6 Å². The lowest BCUT2D eigenvalue weighted by Crippen LogP contribution is -2.50. The molecule has 4 rings (SSSR count). The van der Waals surface area contributed by atoms with Crippen molar-refractivity contribution in [3.63, 3.8) is 0 Å². The number of aromatic nitrogens is 4. The van der Waals surface area contributed by atoms with Gasteiger partial charge in [0.25, 0.3) is 5.91 Å². The van der Waals surface area contributed by atoms with Crippen LogP contribution in [-0.2, 0) is 17.1 Å². The lowest BCUT2D eigenvalue weighted by atomic mass is 10.1. The second-order valence-corrected chi connectivity index (χ2v) is 9.28. The smallest absolute Gasteiger partial charge is 0.271 e. The number of H-pyrrole nitrogens is 1. The number of aromatic amines is 1. The fourth-order valence-corrected chi connectivity index (χ4v) is 5.19. The zero-order valence-corrected chi connectivity index (χ0v) is 18.0. The predicted octanol–water partition coefficient (Wildman–Crippen LogP) is 1.57. The molecule has 1 fully saturated rings. The molecule has 10 heteroatoms. The minimum Gasteiger partial charge on any atom is -0.335 e. The number of hydrogen-bond acceptors (Lipinski definition) is 5. The van der Waals surface area contributed by atoms with Crippen LogP contribution in [0, 0.1) is 13.8 Å². The van der Waals surface area contributed by atoms with Crippen molar-refractivity contribution in [2.75, 3.05) is 26.2 Å². The summed E-state index contributed by atoms with van der Waals surface area (Å²) in [6.07, 6.45) is 0. The summed E-state index contributed by atoms with van der Waals surface area (Å²) in [4.78, 5) is 14.8. The molecular weight excluding hydrogens is 404 g/mol. The van der Waals surface area contributed by atoms with Crippen LogP contribution in [-0.4, -0.2) is 69.7 Å². The zero-order valence-electron chi connectivity index (χ0n) is 17.2. The Bertz CT molecular complexity index is 1170. The van der Waals surface area contributed by atoms with Crippen LogP contribution in [0.3, 0.4) is 0 Å². The van der Waals surface area contributed by atoms with E-state index in [1.807, 2.05) is 20.9 Å². The second kappa shape index (κ2) is 7.69. The fraction of sp³-hybridized carbons (Fsp3) is 0.350. The number of piperazine rings is 1. The van der Waals surface area contributed by atoms with Gasteiger partial charge in [0.2, 0.25) is 10.0 Å². The number of hydrogen-bond donors (Lipinski definition) is 1. The third kappa shape index (κ3) is 3.52. The molecule has 1 aliphatic heterocycles. The number of sulfonamides is 1. The number of amides is 1. The largest absolute Gasteiger partial charge is 0.335 e. The first kappa shape index (κ1) is 20.3. The van der Waals surface area contributed by atoms with Gasteiger partial charge in [-0.05, 0) is 32.0 Å². The average molecular weight is 429 g/mol. The van der Waals surface area contributed by atoms with Crippen LogP contribution in [0.15, 0.2) is 41.3 Å². The maximum atomic E-state index is 12.9. The van der Waals surface area contributed by atoms with E-state index in [-0.39, 0.29) is 23.9 Å². The Hall–Kier alpha value is -2.98. The highest BCUT2D eigenvalue weighted by Crippen LogP contribution is 2.26. The molecule has 0 aliphatic carbocycles. The molecule has 0 bridgehead atoms. The Kier molecular flexibility index (Phi) is 5.20. The number of aryl methyl sites for hydroxylation is 2. The summed E-state index contributed by atoms with van der Waals surface area (Å²) < 4.78 is 28.7. The Morgan fingerprint density at radius 2 is 1.73 bits per heavy atom. The average Bonchev–Trinajstić information content (AvgIpc) is 3.32. The Morgan fingerprint density at radius 3 is 2.33 bits per heavy atom. The van der Waals surface area contributed by atoms with Crippen molar-refractivity contribution < 1.29 is 13.2 Å². The fourth-order valence-electron chi connectivity index (χ4n) is 3.75. The summed E-state index contributed by atoms with van der Waals surface area (Å²) in [5.74, 6) is -0.190. The van der Waals surface area contributed by atoms with Crippen molar-refractivity contribution in [2.45, 2.75) is 18.7 Å². The highest BCUT2D eigenvalue weighted by Gasteiger charge is 2.31. The van der Waals surface area contributed by atoms with Crippen LogP contribution >= 0.6 is 0 Å². The van der Waals surface area contributed by atoms with Crippen molar-refractivity contribution in [2.24, 2.45) is 7.05 Å². The van der Waals surface area contributed by atoms with Gasteiger partial charge in [-0.25, -0.2) is 8.42 Å². The van der Waals surface area contributed by atoms with Gasteiger partial charge in [0, 0.05) is 44.5 Å². The number of nitrogens with one attached hydrogen (secondary N) is 1. The molecule has 1 aromatic carbocycles. The molecule has 2 aromatic heterocycles. The van der Waals surface area contributed by atoms with Gasteiger partial charge in [0.05, 0.1) is 16.3 Å². The molecule has 1 aliphatic rings. The number of rotatable bonds is 4. The molecule has 3 aromatic rings. The molecule has 1 N–H and O–H groups in total. The van der Waals surface area contributed by atoms with Crippen molar-refractivity contribution >= 4 is 15.9 Å². The zero-order chi connectivity index (χ0) is 21.5. The molecule has 30 heavy (non-hydrogen) atoms. The summed E-state index contributed by atoms with van der Waals surface area (Å²) in [6.45, 7) is 5.02. The molecule has 0 radical (unpaired) electrons. The minimum atomic E-state index is -3.55. The molecule has 1 amide bonds. The Balaban J connectivity index is 1.46. The van der Waals surface area contributed by atoms with Crippen molar-refractivity contribution in [3.05, 3.63) is 53.5 Å². The molecule has 158 valence electrons. The second-order valence-electron chi connectivity index (χ2n) is 7.35. The lowest BCUT2D eigenvalue weighted by Gasteiger charge is -2.33. The lowest BCUT2D eigenvalue weighted by molar-refractivity contribution is 0.0692. The number of carbonyl (C=O) groups is 1. The predicted molar refractivity (Wildman–Crippen MR) is 111 cm³/mol. The summed E-state index contributed by atoms with van der Waals surface area (Å²) in [5, 5.41) is 11.5. The Labute approximate surface area is 175 Å².